The van der Waals surface area contributed by atoms with Gasteiger partial charge in [-0.15, -0.1) is 0 Å². The van der Waals surface area contributed by atoms with Gasteiger partial charge in [0.15, 0.2) is 0 Å². The molecule has 0 atom stereocenters. The van der Waals surface area contributed by atoms with Gasteiger partial charge in [0.2, 0.25) is 0 Å². The van der Waals surface area contributed by atoms with E-state index in [4.69, 9.17) is 0 Å². The third-order valence-electron chi connectivity index (χ3n) is 4.96. The Morgan fingerprint density at radius 1 is 0.962 bits per heavy atom. The van der Waals surface area contributed by atoms with E-state index in [9.17, 15) is 10.1 Å². The van der Waals surface area contributed by atoms with Crippen molar-refractivity contribution in [1.29, 1.82) is 0 Å². The molecular formula is C20H21N3O2S. The van der Waals surface area contributed by atoms with E-state index in [1.165, 1.54) is 27.7 Å². The number of hydrogen-bond acceptors (Lipinski definition) is 5. The Kier molecular flexibility index (Phi) is 4.97. The van der Waals surface area contributed by atoms with Crippen molar-refractivity contribution in [2.24, 2.45) is 0 Å². The van der Waals surface area contributed by atoms with Crippen LogP contribution in [0.25, 0.3) is 10.8 Å². The number of fused-ring (bicyclic) bond motifs is 1. The van der Waals surface area contributed by atoms with E-state index in [2.05, 4.69) is 52.3 Å². The highest BCUT2D eigenvalue weighted by atomic mass is 32.1. The Morgan fingerprint density at radius 2 is 1.65 bits per heavy atom. The molecule has 1 aromatic heterocycles. The van der Waals surface area contributed by atoms with Gasteiger partial charge in [0.25, 0.3) is 0 Å². The number of nitrogens with zero attached hydrogens (tertiary/aromatic N) is 3. The summed E-state index contributed by atoms with van der Waals surface area (Å²) in [5.41, 5.74) is 2.43. The summed E-state index contributed by atoms with van der Waals surface area (Å²) in [6.07, 6.45) is 0. The molecule has 6 heteroatoms. The first kappa shape index (κ1) is 17.1. The van der Waals surface area contributed by atoms with Crippen LogP contribution in [-0.4, -0.2) is 40.9 Å². The zero-order chi connectivity index (χ0) is 17.9. The van der Waals surface area contributed by atoms with E-state index in [0.717, 1.165) is 44.8 Å². The lowest BCUT2D eigenvalue weighted by atomic mass is 10.0. The van der Waals surface area contributed by atoms with Gasteiger partial charge in [-0.2, -0.15) is 0 Å². The predicted octanol–water partition coefficient (Wildman–Crippen LogP) is 4.13. The average Bonchev–Trinajstić information content (AvgIpc) is 3.13. The molecule has 0 spiro atoms. The number of thiophene rings is 1. The summed E-state index contributed by atoms with van der Waals surface area (Å²) in [5, 5.41) is 15.6. The van der Waals surface area contributed by atoms with Crippen LogP contribution in [0.2, 0.25) is 0 Å². The summed E-state index contributed by atoms with van der Waals surface area (Å²) in [6, 6.07) is 16.8. The Balaban J connectivity index is 1.35. The van der Waals surface area contributed by atoms with E-state index in [0.29, 0.717) is 0 Å². The lowest BCUT2D eigenvalue weighted by Gasteiger charge is -2.34. The fraction of sp³-hybridized carbons (Fsp3) is 0.300. The molecule has 1 fully saturated rings. The van der Waals surface area contributed by atoms with Crippen LogP contribution in [0.15, 0.2) is 53.9 Å². The molecule has 3 aromatic rings. The lowest BCUT2D eigenvalue weighted by molar-refractivity contribution is -0.380. The monoisotopic (exact) mass is 367 g/mol. The van der Waals surface area contributed by atoms with Crippen molar-refractivity contribution >= 4 is 27.1 Å². The van der Waals surface area contributed by atoms with Gasteiger partial charge >= 0.3 is 5.00 Å². The molecule has 0 aliphatic carbocycles. The first-order chi connectivity index (χ1) is 12.7. The standard InChI is InChI=1S/C20H21N3O2S/c24-23(25)20-12-16(15-26-20)13-21-8-10-22(11-9-21)14-18-6-3-5-17-4-1-2-7-19(17)18/h1-7,12,15H,8-11,13-14H2. The van der Waals surface area contributed by atoms with Crippen molar-refractivity contribution in [2.75, 3.05) is 26.2 Å². The smallest absolute Gasteiger partial charge is 0.297 e. The van der Waals surface area contributed by atoms with Crippen molar-refractivity contribution in [3.05, 3.63) is 75.2 Å². The lowest BCUT2D eigenvalue weighted by Crippen LogP contribution is -2.45. The van der Waals surface area contributed by atoms with E-state index >= 15 is 0 Å². The molecule has 0 saturated carbocycles. The molecule has 0 unspecified atom stereocenters. The minimum atomic E-state index is -0.309. The Bertz CT molecular complexity index is 911. The van der Waals surface area contributed by atoms with Crippen molar-refractivity contribution in [2.45, 2.75) is 13.1 Å². The summed E-state index contributed by atoms with van der Waals surface area (Å²) in [5.74, 6) is 0. The van der Waals surface area contributed by atoms with Crippen LogP contribution < -0.4 is 0 Å². The number of rotatable bonds is 5. The molecule has 0 radical (unpaired) electrons. The Hall–Kier alpha value is -2.28. The van der Waals surface area contributed by atoms with E-state index in [-0.39, 0.29) is 9.92 Å². The largest absolute Gasteiger partial charge is 0.324 e. The summed E-state index contributed by atoms with van der Waals surface area (Å²) in [6.45, 7) is 5.80. The van der Waals surface area contributed by atoms with Gasteiger partial charge in [0.05, 0.1) is 4.92 Å². The molecule has 0 N–H and O–H groups in total. The van der Waals surface area contributed by atoms with Crippen LogP contribution in [0, 0.1) is 10.1 Å². The van der Waals surface area contributed by atoms with Crippen molar-refractivity contribution in [1.82, 2.24) is 9.80 Å². The molecule has 1 aliphatic heterocycles. The van der Waals surface area contributed by atoms with Gasteiger partial charge in [-0.1, -0.05) is 53.8 Å². The van der Waals surface area contributed by atoms with Gasteiger partial charge in [-0.3, -0.25) is 19.9 Å². The fourth-order valence-electron chi connectivity index (χ4n) is 3.58. The molecular weight excluding hydrogens is 346 g/mol. The van der Waals surface area contributed by atoms with E-state index in [1.807, 2.05) is 5.38 Å². The summed E-state index contributed by atoms with van der Waals surface area (Å²) in [7, 11) is 0. The maximum atomic E-state index is 10.8. The van der Waals surface area contributed by atoms with Crippen LogP contribution in [0.5, 0.6) is 0 Å². The number of piperazine rings is 1. The van der Waals surface area contributed by atoms with Crippen LogP contribution in [0.4, 0.5) is 5.00 Å². The summed E-state index contributed by atoms with van der Waals surface area (Å²) in [4.78, 5) is 15.4. The highest BCUT2D eigenvalue weighted by molar-refractivity contribution is 7.13. The Labute approximate surface area is 156 Å². The number of hydrogen-bond donors (Lipinski definition) is 0. The first-order valence-corrected chi connectivity index (χ1v) is 9.70. The van der Waals surface area contributed by atoms with Gasteiger partial charge < -0.3 is 0 Å². The molecule has 134 valence electrons. The SMILES string of the molecule is O=[N+]([O-])c1cc(CN2CCN(Cc3cccc4ccccc34)CC2)cs1. The maximum Gasteiger partial charge on any atom is 0.324 e. The molecule has 1 saturated heterocycles. The van der Waals surface area contributed by atoms with Gasteiger partial charge in [0.1, 0.15) is 0 Å². The summed E-state index contributed by atoms with van der Waals surface area (Å²) < 4.78 is 0. The molecule has 2 aromatic carbocycles. The molecule has 2 heterocycles. The van der Waals surface area contributed by atoms with Crippen molar-refractivity contribution in [3.63, 3.8) is 0 Å². The molecule has 1 aliphatic rings. The van der Waals surface area contributed by atoms with Crippen LogP contribution in [0.3, 0.4) is 0 Å². The normalized spacial score (nSPS) is 16.2. The molecule has 26 heavy (non-hydrogen) atoms. The summed E-state index contributed by atoms with van der Waals surface area (Å²) >= 11 is 1.21. The molecule has 4 rings (SSSR count). The minimum absolute atomic E-state index is 0.231. The fourth-order valence-corrected chi connectivity index (χ4v) is 4.30. The second kappa shape index (κ2) is 7.53. The number of benzene rings is 2. The quantitative estimate of drug-likeness (QED) is 0.503. The minimum Gasteiger partial charge on any atom is -0.297 e. The highest BCUT2D eigenvalue weighted by Crippen LogP contribution is 2.24. The van der Waals surface area contributed by atoms with Gasteiger partial charge in [-0.25, -0.2) is 0 Å². The van der Waals surface area contributed by atoms with Crippen molar-refractivity contribution in [3.8, 4) is 0 Å². The van der Waals surface area contributed by atoms with E-state index in [1.54, 1.807) is 6.07 Å². The van der Waals surface area contributed by atoms with Crippen LogP contribution in [0.1, 0.15) is 11.1 Å². The average molecular weight is 367 g/mol. The molecule has 0 amide bonds. The van der Waals surface area contributed by atoms with Crippen LogP contribution in [-0.2, 0) is 13.1 Å². The zero-order valence-electron chi connectivity index (χ0n) is 14.5. The second-order valence-electron chi connectivity index (χ2n) is 6.74. The maximum absolute atomic E-state index is 10.8. The second-order valence-corrected chi connectivity index (χ2v) is 7.63. The number of nitro groups is 1. The predicted molar refractivity (Wildman–Crippen MR) is 105 cm³/mol. The van der Waals surface area contributed by atoms with E-state index < -0.39 is 0 Å². The third kappa shape index (κ3) is 3.77. The third-order valence-corrected chi connectivity index (χ3v) is 5.89. The Morgan fingerprint density at radius 3 is 2.38 bits per heavy atom. The van der Waals surface area contributed by atoms with Crippen molar-refractivity contribution < 1.29 is 4.92 Å². The first-order valence-electron chi connectivity index (χ1n) is 8.82. The highest BCUT2D eigenvalue weighted by Gasteiger charge is 2.19. The van der Waals surface area contributed by atoms with Crippen LogP contribution >= 0.6 is 11.3 Å². The molecule has 5 nitrogen and oxygen atoms in total. The molecule has 0 bridgehead atoms. The zero-order valence-corrected chi connectivity index (χ0v) is 15.3. The van der Waals surface area contributed by atoms with Gasteiger partial charge in [-0.05, 0) is 21.9 Å². The topological polar surface area (TPSA) is 49.6 Å². The van der Waals surface area contributed by atoms with Gasteiger partial charge in [0, 0.05) is 50.7 Å².